The highest BCUT2D eigenvalue weighted by Crippen LogP contribution is 2.13. The van der Waals surface area contributed by atoms with Crippen molar-refractivity contribution in [3.63, 3.8) is 0 Å². The summed E-state index contributed by atoms with van der Waals surface area (Å²) in [4.78, 5) is 4.08. The number of aliphatic imine (C=N–C) groups is 1. The van der Waals surface area contributed by atoms with E-state index in [1.165, 1.54) is 12.1 Å². The minimum atomic E-state index is -3.30. The molecule has 1 aromatic rings. The molecule has 142 valence electrons. The maximum Gasteiger partial charge on any atom is 0.209 e. The van der Waals surface area contributed by atoms with Gasteiger partial charge in [0, 0.05) is 25.2 Å². The van der Waals surface area contributed by atoms with Crippen molar-refractivity contribution < 1.29 is 17.5 Å². The average molecular weight is 374 g/mol. The van der Waals surface area contributed by atoms with E-state index in [1.807, 2.05) is 6.92 Å². The lowest BCUT2D eigenvalue weighted by atomic mass is 10.1. The van der Waals surface area contributed by atoms with Gasteiger partial charge < -0.3 is 15.4 Å². The van der Waals surface area contributed by atoms with Crippen LogP contribution in [0.2, 0.25) is 0 Å². The molecule has 0 saturated carbocycles. The normalized spacial score (nSPS) is 14.1. The zero-order valence-corrected chi connectivity index (χ0v) is 16.1. The molecule has 1 atom stereocenters. The van der Waals surface area contributed by atoms with Crippen molar-refractivity contribution in [1.29, 1.82) is 0 Å². The summed E-state index contributed by atoms with van der Waals surface area (Å²) in [7, 11) is -1.69. The van der Waals surface area contributed by atoms with Crippen molar-refractivity contribution in [2.24, 2.45) is 4.99 Å². The summed E-state index contributed by atoms with van der Waals surface area (Å²) >= 11 is 0. The van der Waals surface area contributed by atoms with Crippen LogP contribution in [-0.2, 0) is 10.0 Å². The summed E-state index contributed by atoms with van der Waals surface area (Å²) in [6.45, 7) is 6.17. The van der Waals surface area contributed by atoms with Crippen molar-refractivity contribution >= 4 is 16.0 Å². The molecule has 0 aliphatic carbocycles. The topological polar surface area (TPSA) is 91.8 Å². The molecule has 0 amide bonds. The third kappa shape index (κ3) is 9.25. The van der Waals surface area contributed by atoms with Crippen LogP contribution in [0.4, 0.5) is 4.39 Å². The van der Waals surface area contributed by atoms with Gasteiger partial charge in [-0.1, -0.05) is 6.07 Å². The summed E-state index contributed by atoms with van der Waals surface area (Å²) in [6, 6.07) is 5.95. The zero-order chi connectivity index (χ0) is 19.1. The summed E-state index contributed by atoms with van der Waals surface area (Å²) in [5.41, 5.74) is -0.672. The van der Waals surface area contributed by atoms with Gasteiger partial charge >= 0.3 is 0 Å². The molecule has 0 heterocycles. The average Bonchev–Trinajstić information content (AvgIpc) is 2.44. The molecule has 0 aliphatic rings. The zero-order valence-electron chi connectivity index (χ0n) is 15.3. The Bertz CT molecular complexity index is 692. The third-order valence-electron chi connectivity index (χ3n) is 3.07. The number of rotatable bonds is 8. The molecule has 0 spiro atoms. The molecule has 7 nitrogen and oxygen atoms in total. The number of sulfonamides is 1. The fourth-order valence-corrected chi connectivity index (χ4v) is 3.19. The SMILES string of the molecule is CN=C(NCC(C)Oc1cccc(F)c1)NCC(C)(C)NS(C)(=O)=O. The number of benzene rings is 1. The van der Waals surface area contributed by atoms with Crippen molar-refractivity contribution in [3.8, 4) is 5.75 Å². The Morgan fingerprint density at radius 1 is 1.36 bits per heavy atom. The number of hydrogen-bond acceptors (Lipinski definition) is 4. The van der Waals surface area contributed by atoms with Crippen LogP contribution in [0.5, 0.6) is 5.75 Å². The van der Waals surface area contributed by atoms with Gasteiger partial charge in [-0.25, -0.2) is 17.5 Å². The molecule has 1 aromatic carbocycles. The lowest BCUT2D eigenvalue weighted by Gasteiger charge is -2.26. The first-order valence-electron chi connectivity index (χ1n) is 7.86. The second-order valence-corrected chi connectivity index (χ2v) is 8.20. The van der Waals surface area contributed by atoms with E-state index in [0.29, 0.717) is 24.8 Å². The van der Waals surface area contributed by atoms with Crippen molar-refractivity contribution in [1.82, 2.24) is 15.4 Å². The molecule has 0 radical (unpaired) electrons. The molecule has 1 unspecified atom stereocenters. The molecular weight excluding hydrogens is 347 g/mol. The molecule has 3 N–H and O–H groups in total. The van der Waals surface area contributed by atoms with Gasteiger partial charge in [0.05, 0.1) is 12.8 Å². The monoisotopic (exact) mass is 374 g/mol. The van der Waals surface area contributed by atoms with Gasteiger partial charge in [-0.3, -0.25) is 4.99 Å². The molecular formula is C16H27FN4O3S. The molecule has 9 heteroatoms. The van der Waals surface area contributed by atoms with Gasteiger partial charge in [-0.15, -0.1) is 0 Å². The van der Waals surface area contributed by atoms with Gasteiger partial charge in [0.25, 0.3) is 0 Å². The Kier molecular flexibility index (Phi) is 7.62. The minimum absolute atomic E-state index is 0.220. The Morgan fingerprint density at radius 3 is 2.60 bits per heavy atom. The fourth-order valence-electron chi connectivity index (χ4n) is 2.12. The van der Waals surface area contributed by atoms with Crippen LogP contribution < -0.4 is 20.1 Å². The number of hydrogen-bond donors (Lipinski definition) is 3. The van der Waals surface area contributed by atoms with Crippen LogP contribution in [0.3, 0.4) is 0 Å². The first-order valence-corrected chi connectivity index (χ1v) is 9.75. The van der Waals surface area contributed by atoms with Gasteiger partial charge in [-0.2, -0.15) is 0 Å². The highest BCUT2D eigenvalue weighted by atomic mass is 32.2. The van der Waals surface area contributed by atoms with E-state index < -0.39 is 15.6 Å². The van der Waals surface area contributed by atoms with E-state index >= 15 is 0 Å². The van der Waals surface area contributed by atoms with Crippen molar-refractivity contribution in [2.45, 2.75) is 32.4 Å². The molecule has 25 heavy (non-hydrogen) atoms. The predicted octanol–water partition coefficient (Wildman–Crippen LogP) is 1.09. The minimum Gasteiger partial charge on any atom is -0.489 e. The van der Waals surface area contributed by atoms with Crippen molar-refractivity contribution in [2.75, 3.05) is 26.4 Å². The predicted molar refractivity (Wildman–Crippen MR) is 97.9 cm³/mol. The Hall–Kier alpha value is -1.87. The molecule has 0 saturated heterocycles. The highest BCUT2D eigenvalue weighted by molar-refractivity contribution is 7.88. The maximum atomic E-state index is 13.1. The second-order valence-electron chi connectivity index (χ2n) is 6.45. The Labute approximate surface area is 149 Å². The largest absolute Gasteiger partial charge is 0.489 e. The van der Waals surface area contributed by atoms with Gasteiger partial charge in [-0.05, 0) is 32.9 Å². The van der Waals surface area contributed by atoms with E-state index in [1.54, 1.807) is 33.0 Å². The third-order valence-corrected chi connectivity index (χ3v) is 4.00. The van der Waals surface area contributed by atoms with Gasteiger partial charge in [0.15, 0.2) is 5.96 Å². The molecule has 0 fully saturated rings. The van der Waals surface area contributed by atoms with Crippen LogP contribution >= 0.6 is 0 Å². The smallest absolute Gasteiger partial charge is 0.209 e. The quantitative estimate of drug-likeness (QED) is 0.468. The van der Waals surface area contributed by atoms with E-state index in [4.69, 9.17) is 4.74 Å². The van der Waals surface area contributed by atoms with Crippen LogP contribution in [0.1, 0.15) is 20.8 Å². The fraction of sp³-hybridized carbons (Fsp3) is 0.562. The maximum absolute atomic E-state index is 13.1. The summed E-state index contributed by atoms with van der Waals surface area (Å²) in [6.07, 6.45) is 0.898. The molecule has 0 aliphatic heterocycles. The van der Waals surface area contributed by atoms with Crippen molar-refractivity contribution in [3.05, 3.63) is 30.1 Å². The van der Waals surface area contributed by atoms with Gasteiger partial charge in [0.2, 0.25) is 10.0 Å². The van der Waals surface area contributed by atoms with E-state index in [0.717, 1.165) is 6.26 Å². The highest BCUT2D eigenvalue weighted by Gasteiger charge is 2.22. The van der Waals surface area contributed by atoms with E-state index in [-0.39, 0.29) is 11.9 Å². The lowest BCUT2D eigenvalue weighted by Crippen LogP contribution is -2.53. The van der Waals surface area contributed by atoms with E-state index in [9.17, 15) is 12.8 Å². The number of nitrogens with zero attached hydrogens (tertiary/aromatic N) is 1. The molecule has 0 bridgehead atoms. The number of ether oxygens (including phenoxy) is 1. The van der Waals surface area contributed by atoms with E-state index in [2.05, 4.69) is 20.3 Å². The first-order chi connectivity index (χ1) is 11.5. The number of nitrogens with one attached hydrogen (secondary N) is 3. The summed E-state index contributed by atoms with van der Waals surface area (Å²) < 4.78 is 44.0. The summed E-state index contributed by atoms with van der Waals surface area (Å²) in [5.74, 6) is 0.615. The second kappa shape index (κ2) is 9.00. The number of halogens is 1. The summed E-state index contributed by atoms with van der Waals surface area (Å²) in [5, 5.41) is 6.14. The Balaban J connectivity index is 2.46. The number of guanidine groups is 1. The molecule has 0 aromatic heterocycles. The Morgan fingerprint density at radius 2 is 2.04 bits per heavy atom. The van der Waals surface area contributed by atoms with Crippen LogP contribution in [0, 0.1) is 5.82 Å². The van der Waals surface area contributed by atoms with Crippen LogP contribution in [0.25, 0.3) is 0 Å². The first kappa shape index (κ1) is 21.2. The van der Waals surface area contributed by atoms with Crippen LogP contribution in [-0.4, -0.2) is 52.4 Å². The van der Waals surface area contributed by atoms with Gasteiger partial charge in [0.1, 0.15) is 17.7 Å². The lowest BCUT2D eigenvalue weighted by molar-refractivity contribution is 0.223. The standard InChI is InChI=1S/C16H27FN4O3S/c1-12(24-14-8-6-7-13(17)9-14)10-19-15(18-4)20-11-16(2,3)21-25(5,22)23/h6-9,12,21H,10-11H2,1-5H3,(H2,18,19,20). The molecule has 1 rings (SSSR count). The van der Waals surface area contributed by atoms with Crippen LogP contribution in [0.15, 0.2) is 29.3 Å².